The summed E-state index contributed by atoms with van der Waals surface area (Å²) >= 11 is 0. The van der Waals surface area contributed by atoms with Gasteiger partial charge in [-0.25, -0.2) is 4.79 Å². The van der Waals surface area contributed by atoms with E-state index in [1.807, 2.05) is 0 Å². The fraction of sp³-hybridized carbons (Fsp3) is 0.667. The Labute approximate surface area is 84.8 Å². The molecule has 1 saturated heterocycles. The van der Waals surface area contributed by atoms with Crippen molar-refractivity contribution in [1.29, 1.82) is 0 Å². The first-order valence-corrected chi connectivity index (χ1v) is 4.27. The molecule has 15 heavy (non-hydrogen) atoms. The number of rotatable bonds is 3. The number of halogens is 3. The van der Waals surface area contributed by atoms with Gasteiger partial charge in [-0.2, -0.15) is 13.2 Å². The number of carbonyl (C=O) groups is 1. The van der Waals surface area contributed by atoms with Crippen LogP contribution in [-0.4, -0.2) is 24.0 Å². The van der Waals surface area contributed by atoms with Gasteiger partial charge in [-0.05, 0) is 6.92 Å². The van der Waals surface area contributed by atoms with Gasteiger partial charge in [0.15, 0.2) is 0 Å². The highest BCUT2D eigenvalue weighted by Crippen LogP contribution is 2.44. The van der Waals surface area contributed by atoms with Crippen LogP contribution in [0.4, 0.5) is 13.2 Å². The molecule has 3 nitrogen and oxygen atoms in total. The Bertz CT molecular complexity index is 297. The van der Waals surface area contributed by atoms with Crippen LogP contribution in [0.3, 0.4) is 0 Å². The normalized spacial score (nSPS) is 29.8. The van der Waals surface area contributed by atoms with Gasteiger partial charge >= 0.3 is 12.1 Å². The van der Waals surface area contributed by atoms with Gasteiger partial charge in [-0.15, -0.1) is 0 Å². The molecule has 0 aromatic carbocycles. The van der Waals surface area contributed by atoms with E-state index in [4.69, 9.17) is 9.47 Å². The predicted molar refractivity (Wildman–Crippen MR) is 44.9 cm³/mol. The number of esters is 1. The van der Waals surface area contributed by atoms with Crippen LogP contribution in [0.15, 0.2) is 12.2 Å². The molecule has 1 rings (SSSR count). The third kappa shape index (κ3) is 3.23. The number of hydrogen-bond acceptors (Lipinski definition) is 3. The molecule has 6 heteroatoms. The molecule has 2 atom stereocenters. The summed E-state index contributed by atoms with van der Waals surface area (Å²) in [7, 11) is 0. The third-order valence-corrected chi connectivity index (χ3v) is 1.96. The van der Waals surface area contributed by atoms with Crippen molar-refractivity contribution < 1.29 is 27.4 Å². The average Bonchev–Trinajstić information content (AvgIpc) is 2.56. The zero-order valence-electron chi connectivity index (χ0n) is 8.35. The molecule has 1 aliphatic heterocycles. The van der Waals surface area contributed by atoms with Crippen LogP contribution in [0.5, 0.6) is 0 Å². The van der Waals surface area contributed by atoms with E-state index in [1.54, 1.807) is 0 Å². The lowest BCUT2D eigenvalue weighted by atomic mass is 10.2. The second-order valence-electron chi connectivity index (χ2n) is 3.61. The molecular formula is C9H11F3O3. The molecule has 1 fully saturated rings. The van der Waals surface area contributed by atoms with Gasteiger partial charge in [0, 0.05) is 12.5 Å². The second-order valence-corrected chi connectivity index (χ2v) is 3.61. The number of alkyl halides is 3. The Morgan fingerprint density at radius 2 is 2.13 bits per heavy atom. The maximum atomic E-state index is 11.9. The van der Waals surface area contributed by atoms with Gasteiger partial charge in [-0.3, -0.25) is 0 Å². The van der Waals surface area contributed by atoms with E-state index < -0.39 is 30.5 Å². The number of carbonyl (C=O) groups excluding carboxylic acids is 1. The van der Waals surface area contributed by atoms with E-state index >= 15 is 0 Å². The molecule has 0 spiro atoms. The summed E-state index contributed by atoms with van der Waals surface area (Å²) in [5.41, 5.74) is 0.123. The maximum Gasteiger partial charge on any atom is 0.391 e. The minimum Gasteiger partial charge on any atom is -0.427 e. The fourth-order valence-corrected chi connectivity index (χ4v) is 1.05. The van der Waals surface area contributed by atoms with Gasteiger partial charge in [0.05, 0.1) is 6.42 Å². The zero-order valence-corrected chi connectivity index (χ0v) is 8.35. The molecule has 2 unspecified atom stereocenters. The molecule has 1 aliphatic rings. The lowest BCUT2D eigenvalue weighted by Crippen LogP contribution is -2.23. The first-order valence-electron chi connectivity index (χ1n) is 4.27. The summed E-state index contributed by atoms with van der Waals surface area (Å²) in [5, 5.41) is 0. The highest BCUT2D eigenvalue weighted by Gasteiger charge is 2.60. The Hall–Kier alpha value is -1.04. The van der Waals surface area contributed by atoms with Crippen molar-refractivity contribution in [3.63, 3.8) is 0 Å². The smallest absolute Gasteiger partial charge is 0.391 e. The van der Waals surface area contributed by atoms with E-state index in [1.165, 1.54) is 13.8 Å². The van der Waals surface area contributed by atoms with Gasteiger partial charge in [0.25, 0.3) is 0 Å². The van der Waals surface area contributed by atoms with Crippen molar-refractivity contribution >= 4 is 5.97 Å². The van der Waals surface area contributed by atoms with Gasteiger partial charge in [-0.1, -0.05) is 6.58 Å². The Kier molecular flexibility index (Phi) is 2.82. The molecule has 0 N–H and O–H groups in total. The molecule has 0 radical (unpaired) electrons. The first kappa shape index (κ1) is 12.0. The standard InChI is InChI=1S/C9H11F3O3/c1-5(2)7(13)15-8(3)6(14-8)4-9(10,11)12/h6H,1,4H2,2-3H3. The molecule has 0 bridgehead atoms. The lowest BCUT2D eigenvalue weighted by molar-refractivity contribution is -0.153. The molecule has 0 aromatic rings. The summed E-state index contributed by atoms with van der Waals surface area (Å²) in [5.74, 6) is -2.20. The van der Waals surface area contributed by atoms with Crippen molar-refractivity contribution in [3.05, 3.63) is 12.2 Å². The minimum absolute atomic E-state index is 0.123. The van der Waals surface area contributed by atoms with E-state index in [-0.39, 0.29) is 5.57 Å². The summed E-state index contributed by atoms with van der Waals surface area (Å²) in [6.45, 7) is 6.02. The lowest BCUT2D eigenvalue weighted by Gasteiger charge is -2.09. The average molecular weight is 224 g/mol. The first-order chi connectivity index (χ1) is 6.64. The van der Waals surface area contributed by atoms with Crippen LogP contribution < -0.4 is 0 Å². The SMILES string of the molecule is C=C(C)C(=O)OC1(C)OC1CC(F)(F)F. The molecule has 86 valence electrons. The molecule has 0 amide bonds. The molecule has 0 saturated carbocycles. The van der Waals surface area contributed by atoms with Crippen LogP contribution in [0.1, 0.15) is 20.3 Å². The van der Waals surface area contributed by atoms with E-state index in [0.717, 1.165) is 0 Å². The zero-order chi connectivity index (χ0) is 11.9. The largest absolute Gasteiger partial charge is 0.427 e. The summed E-state index contributed by atoms with van der Waals surface area (Å²) in [4.78, 5) is 11.0. The highest BCUT2D eigenvalue weighted by atomic mass is 19.4. The quantitative estimate of drug-likeness (QED) is 0.419. The van der Waals surface area contributed by atoms with E-state index in [9.17, 15) is 18.0 Å². The predicted octanol–water partition coefficient (Wildman–Crippen LogP) is 2.17. The van der Waals surface area contributed by atoms with Crippen molar-refractivity contribution in [1.82, 2.24) is 0 Å². The highest BCUT2D eigenvalue weighted by molar-refractivity contribution is 5.87. The third-order valence-electron chi connectivity index (χ3n) is 1.96. The van der Waals surface area contributed by atoms with Crippen LogP contribution in [0.25, 0.3) is 0 Å². The van der Waals surface area contributed by atoms with Crippen LogP contribution in [0, 0.1) is 0 Å². The molecule has 1 heterocycles. The fourth-order valence-electron chi connectivity index (χ4n) is 1.05. The topological polar surface area (TPSA) is 38.8 Å². The Morgan fingerprint density at radius 3 is 2.53 bits per heavy atom. The maximum absolute atomic E-state index is 11.9. The monoisotopic (exact) mass is 224 g/mol. The second kappa shape index (κ2) is 3.52. The van der Waals surface area contributed by atoms with Crippen molar-refractivity contribution in [2.24, 2.45) is 0 Å². The Morgan fingerprint density at radius 1 is 1.60 bits per heavy atom. The van der Waals surface area contributed by atoms with E-state index in [2.05, 4.69) is 6.58 Å². The number of epoxide rings is 1. The van der Waals surface area contributed by atoms with E-state index in [0.29, 0.717) is 0 Å². The summed E-state index contributed by atoms with van der Waals surface area (Å²) in [6.07, 6.45) is -6.55. The molecule has 0 aromatic heterocycles. The Balaban J connectivity index is 2.46. The van der Waals surface area contributed by atoms with Crippen LogP contribution in [-0.2, 0) is 14.3 Å². The van der Waals surface area contributed by atoms with Gasteiger partial charge < -0.3 is 9.47 Å². The number of ether oxygens (including phenoxy) is 2. The number of hydrogen-bond donors (Lipinski definition) is 0. The van der Waals surface area contributed by atoms with Crippen LogP contribution >= 0.6 is 0 Å². The van der Waals surface area contributed by atoms with Crippen molar-refractivity contribution in [2.45, 2.75) is 38.3 Å². The molecule has 0 aliphatic carbocycles. The summed E-state index contributed by atoms with van der Waals surface area (Å²) < 4.78 is 45.2. The van der Waals surface area contributed by atoms with Crippen molar-refractivity contribution in [3.8, 4) is 0 Å². The van der Waals surface area contributed by atoms with Crippen LogP contribution in [0.2, 0.25) is 0 Å². The van der Waals surface area contributed by atoms with Crippen molar-refractivity contribution in [2.75, 3.05) is 0 Å². The van der Waals surface area contributed by atoms with Gasteiger partial charge in [0.1, 0.15) is 6.10 Å². The van der Waals surface area contributed by atoms with Gasteiger partial charge in [0.2, 0.25) is 5.79 Å². The summed E-state index contributed by atoms with van der Waals surface area (Å²) in [6, 6.07) is 0. The minimum atomic E-state index is -4.32. The molecular weight excluding hydrogens is 213 g/mol.